The van der Waals surface area contributed by atoms with Gasteiger partial charge in [-0.3, -0.25) is 0 Å². The molecule has 0 spiro atoms. The number of ether oxygens (including phenoxy) is 2. The first-order chi connectivity index (χ1) is 9.24. The van der Waals surface area contributed by atoms with E-state index in [9.17, 15) is 5.11 Å². The van der Waals surface area contributed by atoms with Crippen LogP contribution in [0.2, 0.25) is 0 Å². The fourth-order valence-corrected chi connectivity index (χ4v) is 2.73. The van der Waals surface area contributed by atoms with Gasteiger partial charge in [0.1, 0.15) is 18.3 Å². The Hall–Kier alpha value is -1.21. The molecule has 19 heavy (non-hydrogen) atoms. The third kappa shape index (κ3) is 2.71. The number of aliphatic hydroxyl groups excluding tert-OH is 1. The zero-order chi connectivity index (χ0) is 13.2. The summed E-state index contributed by atoms with van der Waals surface area (Å²) in [6.07, 6.45) is -0.907. The molecule has 2 heterocycles. The third-order valence-electron chi connectivity index (χ3n) is 3.38. The van der Waals surface area contributed by atoms with Crippen molar-refractivity contribution in [1.82, 2.24) is 5.32 Å². The Labute approximate surface area is 116 Å². The second kappa shape index (κ2) is 5.42. The first-order valence-corrected chi connectivity index (χ1v) is 6.69. The number of thiocarbonyl (C=S) groups is 1. The van der Waals surface area contributed by atoms with Gasteiger partial charge in [0.15, 0.2) is 5.11 Å². The monoisotopic (exact) mass is 280 g/mol. The van der Waals surface area contributed by atoms with Crippen molar-refractivity contribution in [3.63, 3.8) is 0 Å². The van der Waals surface area contributed by atoms with Crippen LogP contribution in [0.4, 0.5) is 5.69 Å². The lowest BCUT2D eigenvalue weighted by atomic mass is 10.1. The minimum Gasteiger partial charge on any atom is -0.388 e. The molecule has 6 heteroatoms. The first kappa shape index (κ1) is 12.8. The highest BCUT2D eigenvalue weighted by atomic mass is 32.1. The zero-order valence-corrected chi connectivity index (χ0v) is 11.1. The quantitative estimate of drug-likeness (QED) is 0.686. The molecule has 0 bridgehead atoms. The van der Waals surface area contributed by atoms with E-state index in [1.807, 2.05) is 30.3 Å². The standard InChI is InChI=1S/C13H16N2O3S/c16-10-7-18-11-9(6-17-12(10)11)15-13(19)14-8-4-2-1-3-5-8/h1-5,9-12,16H,6-7H2,(H2,14,15,19)/t9-,10+,11+,12+/m0/s1. The summed E-state index contributed by atoms with van der Waals surface area (Å²) in [7, 11) is 0. The van der Waals surface area contributed by atoms with Gasteiger partial charge in [-0.15, -0.1) is 0 Å². The van der Waals surface area contributed by atoms with Crippen LogP contribution in [0.15, 0.2) is 30.3 Å². The summed E-state index contributed by atoms with van der Waals surface area (Å²) < 4.78 is 11.1. The van der Waals surface area contributed by atoms with Gasteiger partial charge >= 0.3 is 0 Å². The van der Waals surface area contributed by atoms with Gasteiger partial charge in [0.25, 0.3) is 0 Å². The number of benzene rings is 1. The van der Waals surface area contributed by atoms with Gasteiger partial charge < -0.3 is 25.2 Å². The van der Waals surface area contributed by atoms with Gasteiger partial charge in [0.2, 0.25) is 0 Å². The third-order valence-corrected chi connectivity index (χ3v) is 3.60. The van der Waals surface area contributed by atoms with Gasteiger partial charge in [-0.1, -0.05) is 18.2 Å². The number of para-hydroxylation sites is 1. The van der Waals surface area contributed by atoms with E-state index in [1.165, 1.54) is 0 Å². The highest BCUT2D eigenvalue weighted by Crippen LogP contribution is 2.26. The lowest BCUT2D eigenvalue weighted by molar-refractivity contribution is 0.0180. The maximum absolute atomic E-state index is 9.66. The van der Waals surface area contributed by atoms with Crippen LogP contribution < -0.4 is 10.6 Å². The molecule has 3 N–H and O–H groups in total. The van der Waals surface area contributed by atoms with Crippen molar-refractivity contribution < 1.29 is 14.6 Å². The summed E-state index contributed by atoms with van der Waals surface area (Å²) >= 11 is 5.27. The molecule has 2 aliphatic heterocycles. The fraction of sp³-hybridized carbons (Fsp3) is 0.462. The molecule has 0 unspecified atom stereocenters. The van der Waals surface area contributed by atoms with Crippen LogP contribution in [0.1, 0.15) is 0 Å². The molecule has 2 saturated heterocycles. The van der Waals surface area contributed by atoms with E-state index in [0.29, 0.717) is 18.3 Å². The van der Waals surface area contributed by atoms with Crippen molar-refractivity contribution in [2.75, 3.05) is 18.5 Å². The molecule has 1 aromatic rings. The van der Waals surface area contributed by atoms with E-state index in [4.69, 9.17) is 21.7 Å². The van der Waals surface area contributed by atoms with Crippen LogP contribution in [0.25, 0.3) is 0 Å². The molecular weight excluding hydrogens is 264 g/mol. The number of hydrogen-bond acceptors (Lipinski definition) is 4. The largest absolute Gasteiger partial charge is 0.388 e. The topological polar surface area (TPSA) is 62.8 Å². The van der Waals surface area contributed by atoms with Gasteiger partial charge in [0.05, 0.1) is 19.3 Å². The summed E-state index contributed by atoms with van der Waals surface area (Å²) in [4.78, 5) is 0. The van der Waals surface area contributed by atoms with E-state index < -0.39 is 6.10 Å². The molecule has 1 aromatic carbocycles. The Kier molecular flexibility index (Phi) is 3.65. The Morgan fingerprint density at radius 1 is 1.16 bits per heavy atom. The van der Waals surface area contributed by atoms with Crippen molar-refractivity contribution >= 4 is 23.0 Å². The Morgan fingerprint density at radius 2 is 1.89 bits per heavy atom. The summed E-state index contributed by atoms with van der Waals surface area (Å²) in [5, 5.41) is 16.5. The van der Waals surface area contributed by atoms with Crippen molar-refractivity contribution in [3.8, 4) is 0 Å². The molecule has 0 aliphatic carbocycles. The van der Waals surface area contributed by atoms with Crippen LogP contribution >= 0.6 is 12.2 Å². The number of rotatable bonds is 2. The average Bonchev–Trinajstić information content (AvgIpc) is 2.96. The second-order valence-corrected chi connectivity index (χ2v) is 5.14. The van der Waals surface area contributed by atoms with E-state index in [-0.39, 0.29) is 18.2 Å². The number of fused-ring (bicyclic) bond motifs is 1. The predicted octanol–water partition coefficient (Wildman–Crippen LogP) is 0.500. The van der Waals surface area contributed by atoms with Crippen LogP contribution in [0.5, 0.6) is 0 Å². The molecule has 2 fully saturated rings. The Morgan fingerprint density at radius 3 is 2.68 bits per heavy atom. The molecular formula is C13H16N2O3S. The van der Waals surface area contributed by atoms with Crippen LogP contribution in [0.3, 0.4) is 0 Å². The van der Waals surface area contributed by atoms with Crippen molar-refractivity contribution in [2.24, 2.45) is 0 Å². The number of anilines is 1. The maximum atomic E-state index is 9.66. The molecule has 3 rings (SSSR count). The number of nitrogens with one attached hydrogen (secondary N) is 2. The summed E-state index contributed by atoms with van der Waals surface area (Å²) in [6.45, 7) is 0.815. The van der Waals surface area contributed by atoms with Gasteiger partial charge in [-0.05, 0) is 24.4 Å². The van der Waals surface area contributed by atoms with Crippen LogP contribution in [-0.4, -0.2) is 47.8 Å². The lowest BCUT2D eigenvalue weighted by Crippen LogP contribution is -2.45. The lowest BCUT2D eigenvalue weighted by Gasteiger charge is -2.19. The van der Waals surface area contributed by atoms with Gasteiger partial charge in [-0.25, -0.2) is 0 Å². The highest BCUT2D eigenvalue weighted by Gasteiger charge is 2.47. The summed E-state index contributed by atoms with van der Waals surface area (Å²) in [5.41, 5.74) is 0.933. The summed E-state index contributed by atoms with van der Waals surface area (Å²) in [6, 6.07) is 9.69. The molecule has 0 saturated carbocycles. The Bertz CT molecular complexity index is 456. The molecule has 0 radical (unpaired) electrons. The predicted molar refractivity (Wildman–Crippen MR) is 75.1 cm³/mol. The minimum atomic E-state index is -0.535. The van der Waals surface area contributed by atoms with Gasteiger partial charge in [-0.2, -0.15) is 0 Å². The maximum Gasteiger partial charge on any atom is 0.171 e. The van der Waals surface area contributed by atoms with Crippen LogP contribution in [0, 0.1) is 0 Å². The fourth-order valence-electron chi connectivity index (χ4n) is 2.46. The highest BCUT2D eigenvalue weighted by molar-refractivity contribution is 7.80. The molecule has 0 aromatic heterocycles. The van der Waals surface area contributed by atoms with Crippen molar-refractivity contribution in [2.45, 2.75) is 24.4 Å². The normalized spacial score (nSPS) is 32.9. The Balaban J connectivity index is 1.56. The SMILES string of the molecule is O[C@@H]1CO[C@H]2[C@@H]1OC[C@@H]2NC(=S)Nc1ccccc1. The molecule has 4 atom stereocenters. The van der Waals surface area contributed by atoms with Crippen LogP contribution in [-0.2, 0) is 9.47 Å². The van der Waals surface area contributed by atoms with Gasteiger partial charge in [0, 0.05) is 5.69 Å². The molecule has 5 nitrogen and oxygen atoms in total. The number of aliphatic hydroxyl groups is 1. The molecule has 102 valence electrons. The van der Waals surface area contributed by atoms with E-state index >= 15 is 0 Å². The summed E-state index contributed by atoms with van der Waals surface area (Å²) in [5.74, 6) is 0. The van der Waals surface area contributed by atoms with Crippen molar-refractivity contribution in [1.29, 1.82) is 0 Å². The van der Waals surface area contributed by atoms with E-state index in [0.717, 1.165) is 5.69 Å². The first-order valence-electron chi connectivity index (χ1n) is 6.28. The van der Waals surface area contributed by atoms with Crippen molar-refractivity contribution in [3.05, 3.63) is 30.3 Å². The molecule has 2 aliphatic rings. The van der Waals surface area contributed by atoms with E-state index in [2.05, 4.69) is 10.6 Å². The smallest absolute Gasteiger partial charge is 0.171 e. The second-order valence-electron chi connectivity index (χ2n) is 4.73. The molecule has 0 amide bonds. The minimum absolute atomic E-state index is 0.0223. The average molecular weight is 280 g/mol. The zero-order valence-electron chi connectivity index (χ0n) is 10.3. The van der Waals surface area contributed by atoms with E-state index in [1.54, 1.807) is 0 Å². The number of hydrogen-bond donors (Lipinski definition) is 3.